The van der Waals surface area contributed by atoms with E-state index in [9.17, 15) is 22.8 Å². The van der Waals surface area contributed by atoms with Gasteiger partial charge in [-0.2, -0.15) is 13.2 Å². The van der Waals surface area contributed by atoms with E-state index in [1.165, 1.54) is 17.0 Å². The standard InChI is InChI=1S/C26H22F3N3O3/c27-26(28,29)16-4-3-5-17(12-16)32-14-25-10-8-20(35-25)21(22(25)24(32)34)23(33)30-11-9-15-13-31-19-7-2-1-6-18(15)19/h1-8,10,12-13,20-22,31H,9,11,14H2,(H,30,33)/t20-,21?,22?,25+/m0/s1. The molecule has 6 nitrogen and oxygen atoms in total. The number of ether oxygens (including phenoxy) is 1. The van der Waals surface area contributed by atoms with E-state index in [1.807, 2.05) is 30.5 Å². The number of amides is 2. The number of fused-ring (bicyclic) bond motifs is 2. The Hall–Kier alpha value is -3.59. The van der Waals surface area contributed by atoms with Gasteiger partial charge in [0.2, 0.25) is 11.8 Å². The van der Waals surface area contributed by atoms with Crippen LogP contribution in [-0.2, 0) is 26.9 Å². The van der Waals surface area contributed by atoms with Crippen molar-refractivity contribution in [2.24, 2.45) is 11.8 Å². The van der Waals surface area contributed by atoms with Crippen LogP contribution >= 0.6 is 0 Å². The molecule has 2 N–H and O–H groups in total. The van der Waals surface area contributed by atoms with Gasteiger partial charge in [0, 0.05) is 29.3 Å². The highest BCUT2D eigenvalue weighted by atomic mass is 19.4. The van der Waals surface area contributed by atoms with E-state index in [-0.39, 0.29) is 18.1 Å². The summed E-state index contributed by atoms with van der Waals surface area (Å²) in [6, 6.07) is 12.6. The molecule has 4 heterocycles. The van der Waals surface area contributed by atoms with Gasteiger partial charge in [-0.1, -0.05) is 36.4 Å². The third kappa shape index (κ3) is 3.44. The van der Waals surface area contributed by atoms with Crippen LogP contribution in [0.5, 0.6) is 0 Å². The van der Waals surface area contributed by atoms with Crippen LogP contribution in [0.2, 0.25) is 0 Å². The third-order valence-corrected chi connectivity index (χ3v) is 7.26. The molecular weight excluding hydrogens is 459 g/mol. The van der Waals surface area contributed by atoms with Gasteiger partial charge in [-0.3, -0.25) is 9.59 Å². The molecule has 2 amide bonds. The predicted octanol–water partition coefficient (Wildman–Crippen LogP) is 3.83. The zero-order valence-electron chi connectivity index (χ0n) is 18.5. The summed E-state index contributed by atoms with van der Waals surface area (Å²) >= 11 is 0. The van der Waals surface area contributed by atoms with E-state index < -0.39 is 41.2 Å². The van der Waals surface area contributed by atoms with Gasteiger partial charge < -0.3 is 19.9 Å². The highest BCUT2D eigenvalue weighted by molar-refractivity contribution is 6.03. The van der Waals surface area contributed by atoms with Gasteiger partial charge in [0.05, 0.1) is 30.0 Å². The van der Waals surface area contributed by atoms with Gasteiger partial charge in [-0.05, 0) is 36.2 Å². The van der Waals surface area contributed by atoms with Gasteiger partial charge in [0.25, 0.3) is 0 Å². The predicted molar refractivity (Wildman–Crippen MR) is 123 cm³/mol. The molecule has 0 radical (unpaired) electrons. The molecule has 6 rings (SSSR count). The van der Waals surface area contributed by atoms with Gasteiger partial charge in [-0.25, -0.2) is 0 Å². The molecule has 0 aliphatic carbocycles. The second kappa shape index (κ2) is 7.71. The minimum Gasteiger partial charge on any atom is -0.361 e. The van der Waals surface area contributed by atoms with Gasteiger partial charge in [0.15, 0.2) is 0 Å². The number of para-hydroxylation sites is 1. The summed E-state index contributed by atoms with van der Waals surface area (Å²) in [7, 11) is 0. The van der Waals surface area contributed by atoms with Gasteiger partial charge in [-0.15, -0.1) is 0 Å². The molecule has 4 atom stereocenters. The third-order valence-electron chi connectivity index (χ3n) is 7.26. The van der Waals surface area contributed by atoms with Crippen molar-refractivity contribution < 1.29 is 27.5 Å². The lowest BCUT2D eigenvalue weighted by atomic mass is 9.77. The summed E-state index contributed by atoms with van der Waals surface area (Å²) in [5.41, 5.74) is 0.412. The number of nitrogens with one attached hydrogen (secondary N) is 2. The summed E-state index contributed by atoms with van der Waals surface area (Å²) in [5.74, 6) is -2.19. The molecule has 3 aliphatic heterocycles. The molecule has 2 fully saturated rings. The number of nitrogens with zero attached hydrogens (tertiary/aromatic N) is 1. The molecular formula is C26H22F3N3O3. The quantitative estimate of drug-likeness (QED) is 0.544. The van der Waals surface area contributed by atoms with E-state index >= 15 is 0 Å². The number of carbonyl (C=O) groups is 2. The molecule has 2 bridgehead atoms. The second-order valence-corrected chi connectivity index (χ2v) is 9.27. The smallest absolute Gasteiger partial charge is 0.361 e. The zero-order chi connectivity index (χ0) is 24.4. The molecule has 3 aromatic rings. The van der Waals surface area contributed by atoms with Crippen molar-refractivity contribution in [1.82, 2.24) is 10.3 Å². The number of H-pyrrole nitrogens is 1. The van der Waals surface area contributed by atoms with E-state index in [0.717, 1.165) is 28.6 Å². The Morgan fingerprint density at radius 3 is 2.86 bits per heavy atom. The number of carbonyl (C=O) groups excluding carboxylic acids is 2. The first kappa shape index (κ1) is 21.9. The Balaban J connectivity index is 1.19. The number of alkyl halides is 3. The number of aromatic amines is 1. The lowest BCUT2D eigenvalue weighted by Gasteiger charge is -2.23. The zero-order valence-corrected chi connectivity index (χ0v) is 18.5. The summed E-state index contributed by atoms with van der Waals surface area (Å²) < 4.78 is 45.7. The molecule has 0 saturated carbocycles. The van der Waals surface area contributed by atoms with Crippen molar-refractivity contribution in [3.63, 3.8) is 0 Å². The van der Waals surface area contributed by atoms with Crippen LogP contribution in [-0.4, -0.2) is 41.6 Å². The normalized spacial score (nSPS) is 27.1. The van der Waals surface area contributed by atoms with Gasteiger partial charge in [0.1, 0.15) is 5.60 Å². The molecule has 1 aromatic heterocycles. The van der Waals surface area contributed by atoms with Crippen molar-refractivity contribution in [2.75, 3.05) is 18.0 Å². The van der Waals surface area contributed by atoms with Crippen molar-refractivity contribution in [3.05, 3.63) is 78.0 Å². The Kier molecular flexibility index (Phi) is 4.83. The van der Waals surface area contributed by atoms with Crippen molar-refractivity contribution in [2.45, 2.75) is 24.3 Å². The Morgan fingerprint density at radius 2 is 2.03 bits per heavy atom. The maximum atomic E-state index is 13.4. The summed E-state index contributed by atoms with van der Waals surface area (Å²) in [6.07, 6.45) is 1.05. The topological polar surface area (TPSA) is 74.4 Å². The maximum Gasteiger partial charge on any atom is 0.416 e. The minimum absolute atomic E-state index is 0.0733. The number of hydrogen-bond acceptors (Lipinski definition) is 3. The fraction of sp³-hybridized carbons (Fsp3) is 0.308. The van der Waals surface area contributed by atoms with Crippen molar-refractivity contribution >= 4 is 28.4 Å². The molecule has 2 unspecified atom stereocenters. The Bertz CT molecular complexity index is 1360. The second-order valence-electron chi connectivity index (χ2n) is 9.27. The first-order chi connectivity index (χ1) is 16.8. The number of anilines is 1. The molecule has 2 aromatic carbocycles. The summed E-state index contributed by atoms with van der Waals surface area (Å²) in [5, 5.41) is 4.03. The number of halogens is 3. The number of rotatable bonds is 5. The first-order valence-electron chi connectivity index (χ1n) is 11.5. The molecule has 3 aliphatic rings. The number of hydrogen-bond donors (Lipinski definition) is 2. The largest absolute Gasteiger partial charge is 0.416 e. The fourth-order valence-electron chi connectivity index (χ4n) is 5.64. The lowest BCUT2D eigenvalue weighted by Crippen LogP contribution is -2.44. The molecule has 35 heavy (non-hydrogen) atoms. The minimum atomic E-state index is -4.52. The van der Waals surface area contributed by atoms with Crippen molar-refractivity contribution in [1.29, 1.82) is 0 Å². The van der Waals surface area contributed by atoms with E-state index in [1.54, 1.807) is 12.2 Å². The molecule has 1 spiro atoms. The van der Waals surface area contributed by atoms with Crippen molar-refractivity contribution in [3.8, 4) is 0 Å². The van der Waals surface area contributed by atoms with Crippen LogP contribution in [0, 0.1) is 11.8 Å². The number of aromatic nitrogens is 1. The first-order valence-corrected chi connectivity index (χ1v) is 11.5. The summed E-state index contributed by atoms with van der Waals surface area (Å²) in [4.78, 5) is 31.1. The van der Waals surface area contributed by atoms with Crippen LogP contribution in [0.4, 0.5) is 18.9 Å². The maximum absolute atomic E-state index is 13.4. The number of benzene rings is 2. The van der Waals surface area contributed by atoms with Crippen LogP contribution < -0.4 is 10.2 Å². The molecule has 2 saturated heterocycles. The van der Waals surface area contributed by atoms with Crippen LogP contribution in [0.3, 0.4) is 0 Å². The highest BCUT2D eigenvalue weighted by Gasteiger charge is 2.67. The van der Waals surface area contributed by atoms with Crippen LogP contribution in [0.15, 0.2) is 66.9 Å². The molecule has 180 valence electrons. The fourth-order valence-corrected chi connectivity index (χ4v) is 5.64. The highest BCUT2D eigenvalue weighted by Crippen LogP contribution is 2.52. The van der Waals surface area contributed by atoms with Gasteiger partial charge >= 0.3 is 6.18 Å². The Morgan fingerprint density at radius 1 is 1.20 bits per heavy atom. The monoisotopic (exact) mass is 481 g/mol. The van der Waals surface area contributed by atoms with E-state index in [2.05, 4.69) is 10.3 Å². The van der Waals surface area contributed by atoms with Crippen LogP contribution in [0.1, 0.15) is 11.1 Å². The van der Waals surface area contributed by atoms with E-state index in [4.69, 9.17) is 4.74 Å². The van der Waals surface area contributed by atoms with E-state index in [0.29, 0.717) is 13.0 Å². The average Bonchev–Trinajstić information content (AvgIpc) is 3.59. The SMILES string of the molecule is O=C(NCCc1c[nH]c2ccccc12)C1C2C(=O)N(c3cccc(C(F)(F)F)c3)C[C@]23C=C[C@@H]1O3. The summed E-state index contributed by atoms with van der Waals surface area (Å²) in [6.45, 7) is 0.461. The Labute approximate surface area is 198 Å². The molecule has 9 heteroatoms. The van der Waals surface area contributed by atoms with Crippen LogP contribution in [0.25, 0.3) is 10.9 Å². The lowest BCUT2D eigenvalue weighted by molar-refractivity contribution is -0.137. The average molecular weight is 481 g/mol.